The highest BCUT2D eigenvalue weighted by atomic mass is 15.4. The van der Waals surface area contributed by atoms with Crippen molar-refractivity contribution >= 4 is 45.9 Å². The average Bonchev–Trinajstić information content (AvgIpc) is 2.80. The van der Waals surface area contributed by atoms with E-state index < -0.39 is 0 Å². The molecule has 8 nitrogen and oxygen atoms in total. The Bertz CT molecular complexity index is 998. The monoisotopic (exact) mass is 402 g/mol. The first-order valence-corrected chi connectivity index (χ1v) is 9.54. The van der Waals surface area contributed by atoms with Crippen LogP contribution in [0.15, 0.2) is 68.7 Å². The number of aliphatic imine (C=N–C) groups is 2. The highest BCUT2D eigenvalue weighted by Crippen LogP contribution is 2.31. The SMILES string of the molecule is CN=C(NC)NN=Cc1c2ccccc2c(C=NNC(=NC)NC)c2ccccc12. The molecule has 0 saturated carbocycles. The van der Waals surface area contributed by atoms with E-state index in [0.29, 0.717) is 11.9 Å². The number of guanidine groups is 2. The third-order valence-corrected chi connectivity index (χ3v) is 4.66. The fourth-order valence-corrected chi connectivity index (χ4v) is 3.23. The lowest BCUT2D eigenvalue weighted by molar-refractivity contribution is 0.943. The van der Waals surface area contributed by atoms with Gasteiger partial charge in [0, 0.05) is 39.3 Å². The number of fused-ring (bicyclic) bond motifs is 2. The smallest absolute Gasteiger partial charge is 0.211 e. The Balaban J connectivity index is 2.15. The molecule has 0 radical (unpaired) electrons. The van der Waals surface area contributed by atoms with Crippen LogP contribution in [0.2, 0.25) is 0 Å². The van der Waals surface area contributed by atoms with Crippen LogP contribution >= 0.6 is 0 Å². The maximum absolute atomic E-state index is 4.38. The third-order valence-electron chi connectivity index (χ3n) is 4.66. The summed E-state index contributed by atoms with van der Waals surface area (Å²) < 4.78 is 0. The van der Waals surface area contributed by atoms with Gasteiger partial charge in [-0.1, -0.05) is 48.5 Å². The first-order valence-electron chi connectivity index (χ1n) is 9.54. The molecule has 3 aromatic rings. The normalized spacial score (nSPS) is 12.8. The standard InChI is InChI=1S/C22H26N8/c1-23-21(24-2)29-27-13-19-15-9-5-7-11-17(15)20(14-28-30-22(25-3)26-4)18-12-8-6-10-16(18)19/h5-14H,1-4H3,(H2,23,24,29)(H2,25,26,30). The highest BCUT2D eigenvalue weighted by Gasteiger charge is 2.11. The second-order valence-electron chi connectivity index (χ2n) is 6.30. The van der Waals surface area contributed by atoms with Gasteiger partial charge in [0.05, 0.1) is 12.4 Å². The Kier molecular flexibility index (Phi) is 6.94. The summed E-state index contributed by atoms with van der Waals surface area (Å²) in [5.74, 6) is 1.18. The van der Waals surface area contributed by atoms with Crippen molar-refractivity contribution in [3.63, 3.8) is 0 Å². The van der Waals surface area contributed by atoms with Gasteiger partial charge in [0.2, 0.25) is 11.9 Å². The summed E-state index contributed by atoms with van der Waals surface area (Å²) >= 11 is 0. The molecule has 0 saturated heterocycles. The molecular weight excluding hydrogens is 376 g/mol. The zero-order chi connectivity index (χ0) is 21.3. The van der Waals surface area contributed by atoms with Gasteiger partial charge in [-0.2, -0.15) is 10.2 Å². The van der Waals surface area contributed by atoms with Crippen LogP contribution < -0.4 is 21.5 Å². The zero-order valence-electron chi connectivity index (χ0n) is 17.6. The lowest BCUT2D eigenvalue weighted by Crippen LogP contribution is -2.31. The molecule has 0 aliphatic rings. The van der Waals surface area contributed by atoms with Crippen LogP contribution in [0.4, 0.5) is 0 Å². The third kappa shape index (κ3) is 4.38. The van der Waals surface area contributed by atoms with Crippen molar-refractivity contribution in [1.82, 2.24) is 21.5 Å². The predicted molar refractivity (Wildman–Crippen MR) is 128 cm³/mol. The van der Waals surface area contributed by atoms with E-state index in [4.69, 9.17) is 0 Å². The topological polar surface area (TPSA) is 97.6 Å². The van der Waals surface area contributed by atoms with Crippen molar-refractivity contribution in [1.29, 1.82) is 0 Å². The lowest BCUT2D eigenvalue weighted by Gasteiger charge is -2.12. The zero-order valence-corrected chi connectivity index (χ0v) is 17.6. The first kappa shape index (κ1) is 20.8. The van der Waals surface area contributed by atoms with Gasteiger partial charge in [0.1, 0.15) is 0 Å². The van der Waals surface area contributed by atoms with Gasteiger partial charge < -0.3 is 10.6 Å². The number of benzene rings is 3. The molecule has 0 heterocycles. The van der Waals surface area contributed by atoms with Gasteiger partial charge in [-0.3, -0.25) is 9.98 Å². The Morgan fingerprint density at radius 2 is 0.967 bits per heavy atom. The van der Waals surface area contributed by atoms with E-state index in [1.165, 1.54) is 0 Å². The summed E-state index contributed by atoms with van der Waals surface area (Å²) in [6, 6.07) is 16.5. The van der Waals surface area contributed by atoms with Crippen molar-refractivity contribution in [2.45, 2.75) is 0 Å². The quantitative estimate of drug-likeness (QED) is 0.233. The molecule has 3 rings (SSSR count). The number of rotatable bonds is 4. The first-order chi connectivity index (χ1) is 14.7. The fraction of sp³-hybridized carbons (Fsp3) is 0.182. The Labute approximate surface area is 175 Å². The largest absolute Gasteiger partial charge is 0.358 e. The molecule has 0 atom stereocenters. The molecule has 0 unspecified atom stereocenters. The molecule has 8 heteroatoms. The van der Waals surface area contributed by atoms with Crippen molar-refractivity contribution in [3.8, 4) is 0 Å². The van der Waals surface area contributed by atoms with Crippen LogP contribution in [0.25, 0.3) is 21.5 Å². The number of hydrogen-bond donors (Lipinski definition) is 4. The van der Waals surface area contributed by atoms with Gasteiger partial charge >= 0.3 is 0 Å². The summed E-state index contributed by atoms with van der Waals surface area (Å²) in [6.07, 6.45) is 3.66. The molecule has 154 valence electrons. The van der Waals surface area contributed by atoms with Crippen molar-refractivity contribution in [2.75, 3.05) is 28.2 Å². The second-order valence-corrected chi connectivity index (χ2v) is 6.30. The van der Waals surface area contributed by atoms with E-state index in [1.54, 1.807) is 28.2 Å². The molecule has 0 fully saturated rings. The molecule has 0 bridgehead atoms. The molecule has 4 N–H and O–H groups in total. The summed E-state index contributed by atoms with van der Waals surface area (Å²) in [5, 5.41) is 19.0. The van der Waals surface area contributed by atoms with E-state index >= 15 is 0 Å². The lowest BCUT2D eigenvalue weighted by atomic mass is 9.92. The molecule has 0 amide bonds. The maximum Gasteiger partial charge on any atom is 0.211 e. The predicted octanol–water partition coefficient (Wildman–Crippen LogP) is 2.25. The van der Waals surface area contributed by atoms with Crippen molar-refractivity contribution < 1.29 is 0 Å². The van der Waals surface area contributed by atoms with Gasteiger partial charge in [-0.25, -0.2) is 10.9 Å². The van der Waals surface area contributed by atoms with Crippen LogP contribution in [0.3, 0.4) is 0 Å². The average molecular weight is 403 g/mol. The van der Waals surface area contributed by atoms with Gasteiger partial charge in [-0.15, -0.1) is 0 Å². The van der Waals surface area contributed by atoms with E-state index in [2.05, 4.69) is 65.9 Å². The van der Waals surface area contributed by atoms with E-state index in [0.717, 1.165) is 32.7 Å². The number of nitrogens with zero attached hydrogens (tertiary/aromatic N) is 4. The van der Waals surface area contributed by atoms with E-state index in [-0.39, 0.29) is 0 Å². The minimum absolute atomic E-state index is 0.590. The van der Waals surface area contributed by atoms with Crippen LogP contribution in [0, 0.1) is 0 Å². The van der Waals surface area contributed by atoms with Gasteiger partial charge in [-0.05, 0) is 21.5 Å². The summed E-state index contributed by atoms with van der Waals surface area (Å²) in [7, 11) is 6.98. The molecule has 0 spiro atoms. The summed E-state index contributed by atoms with van der Waals surface area (Å²) in [6.45, 7) is 0. The van der Waals surface area contributed by atoms with Crippen LogP contribution in [-0.4, -0.2) is 52.5 Å². The summed E-state index contributed by atoms with van der Waals surface area (Å²) in [5.41, 5.74) is 7.90. The number of nitrogens with one attached hydrogen (secondary N) is 4. The van der Waals surface area contributed by atoms with Crippen molar-refractivity contribution in [2.24, 2.45) is 20.2 Å². The van der Waals surface area contributed by atoms with E-state index in [9.17, 15) is 0 Å². The highest BCUT2D eigenvalue weighted by molar-refractivity contribution is 6.21. The number of hydrogen-bond acceptors (Lipinski definition) is 4. The molecule has 0 aliphatic carbocycles. The van der Waals surface area contributed by atoms with Crippen LogP contribution in [0.1, 0.15) is 11.1 Å². The van der Waals surface area contributed by atoms with Gasteiger partial charge in [0.15, 0.2) is 0 Å². The fourth-order valence-electron chi connectivity index (χ4n) is 3.23. The van der Waals surface area contributed by atoms with Crippen LogP contribution in [-0.2, 0) is 0 Å². The Morgan fingerprint density at radius 1 is 0.633 bits per heavy atom. The molecule has 0 aliphatic heterocycles. The molecule has 3 aromatic carbocycles. The molecule has 30 heavy (non-hydrogen) atoms. The van der Waals surface area contributed by atoms with Crippen LogP contribution in [0.5, 0.6) is 0 Å². The molecule has 0 aromatic heterocycles. The van der Waals surface area contributed by atoms with E-state index in [1.807, 2.05) is 36.7 Å². The Hall–Kier alpha value is -3.94. The maximum atomic E-state index is 4.38. The number of hydrazone groups is 2. The minimum atomic E-state index is 0.590. The minimum Gasteiger partial charge on any atom is -0.358 e. The van der Waals surface area contributed by atoms with Gasteiger partial charge in [0.25, 0.3) is 0 Å². The molecular formula is C22H26N8. The second kappa shape index (κ2) is 10.0. The van der Waals surface area contributed by atoms with Crippen molar-refractivity contribution in [3.05, 3.63) is 59.7 Å². The summed E-state index contributed by atoms with van der Waals surface area (Å²) in [4.78, 5) is 8.16. The Morgan fingerprint density at radius 3 is 1.23 bits per heavy atom.